The van der Waals surface area contributed by atoms with Gasteiger partial charge in [-0.05, 0) is 30.2 Å². The van der Waals surface area contributed by atoms with E-state index in [1.165, 1.54) is 12.3 Å². The zero-order chi connectivity index (χ0) is 17.8. The van der Waals surface area contributed by atoms with Crippen molar-refractivity contribution in [1.29, 1.82) is 0 Å². The van der Waals surface area contributed by atoms with Gasteiger partial charge in [-0.2, -0.15) is 0 Å². The number of carbonyl (C=O) groups is 1. The number of nitrogens with two attached hydrogens (primary N) is 1. The lowest BCUT2D eigenvalue weighted by Crippen LogP contribution is -2.16. The van der Waals surface area contributed by atoms with Crippen LogP contribution >= 0.6 is 11.3 Å². The molecule has 6 heteroatoms. The summed E-state index contributed by atoms with van der Waals surface area (Å²) >= 11 is 1.64. The fourth-order valence-electron chi connectivity index (χ4n) is 2.53. The summed E-state index contributed by atoms with van der Waals surface area (Å²) in [4.78, 5) is 19.6. The van der Waals surface area contributed by atoms with Gasteiger partial charge in [-0.25, -0.2) is 9.98 Å². The summed E-state index contributed by atoms with van der Waals surface area (Å²) in [6.07, 6.45) is 4.64. The fourth-order valence-corrected chi connectivity index (χ4v) is 3.14. The second kappa shape index (κ2) is 7.27. The minimum atomic E-state index is -0.518. The molecule has 0 unspecified atom stereocenters. The Labute approximate surface area is 149 Å². The van der Waals surface area contributed by atoms with Crippen molar-refractivity contribution < 1.29 is 4.79 Å². The number of primary amides is 1. The van der Waals surface area contributed by atoms with Crippen LogP contribution < -0.4 is 11.2 Å². The van der Waals surface area contributed by atoms with E-state index in [1.807, 2.05) is 49.0 Å². The number of aromatic nitrogens is 2. The molecule has 0 aliphatic carbocycles. The van der Waals surface area contributed by atoms with Crippen molar-refractivity contribution in [1.82, 2.24) is 9.55 Å². The van der Waals surface area contributed by atoms with Crippen LogP contribution in [0.15, 0.2) is 65.2 Å². The van der Waals surface area contributed by atoms with E-state index in [0.717, 1.165) is 32.9 Å². The number of hydrogen-bond acceptors (Lipinski definition) is 4. The number of thiazole rings is 1. The molecule has 2 heterocycles. The standard InChI is InChI=1S/C19H18N4OS/c1-13-22-17(12-25-13)16-6-4-3-5-15(16)14-7-8-19(23(2)11-14)21-10-9-18(20)24/h3-12H,1-2H3,(H2,20,24)/b10-9+,21-19-. The third-order valence-electron chi connectivity index (χ3n) is 3.68. The van der Waals surface area contributed by atoms with Crippen LogP contribution in [0.5, 0.6) is 0 Å². The lowest BCUT2D eigenvalue weighted by Gasteiger charge is -2.10. The van der Waals surface area contributed by atoms with Gasteiger partial charge in [0, 0.05) is 36.5 Å². The zero-order valence-corrected chi connectivity index (χ0v) is 14.8. The minimum Gasteiger partial charge on any atom is -0.366 e. The maximum Gasteiger partial charge on any atom is 0.242 e. The van der Waals surface area contributed by atoms with Crippen LogP contribution in [0.2, 0.25) is 0 Å². The maximum absolute atomic E-state index is 10.8. The number of hydrogen-bond donors (Lipinski definition) is 1. The number of pyridine rings is 1. The fraction of sp³-hybridized carbons (Fsp3) is 0.105. The molecule has 25 heavy (non-hydrogen) atoms. The van der Waals surface area contributed by atoms with Crippen molar-refractivity contribution >= 4 is 17.2 Å². The predicted octanol–water partition coefficient (Wildman–Crippen LogP) is 3.02. The number of aryl methyl sites for hydroxylation is 2. The van der Waals surface area contributed by atoms with Crippen LogP contribution in [0.3, 0.4) is 0 Å². The van der Waals surface area contributed by atoms with E-state index in [4.69, 9.17) is 5.73 Å². The van der Waals surface area contributed by atoms with Gasteiger partial charge in [-0.15, -0.1) is 11.3 Å². The molecule has 0 saturated heterocycles. The lowest BCUT2D eigenvalue weighted by molar-refractivity contribution is -0.113. The molecule has 3 aromatic rings. The van der Waals surface area contributed by atoms with E-state index < -0.39 is 5.91 Å². The smallest absolute Gasteiger partial charge is 0.242 e. The highest BCUT2D eigenvalue weighted by Gasteiger charge is 2.09. The van der Waals surface area contributed by atoms with Gasteiger partial charge in [0.15, 0.2) is 0 Å². The SMILES string of the molecule is Cc1nc(-c2ccccc2-c2cc/c(=N/C=C/C(N)=O)n(C)c2)cs1. The largest absolute Gasteiger partial charge is 0.366 e. The first-order chi connectivity index (χ1) is 12.0. The Morgan fingerprint density at radius 3 is 2.64 bits per heavy atom. The molecule has 0 fully saturated rings. The summed E-state index contributed by atoms with van der Waals surface area (Å²) in [7, 11) is 1.91. The molecular weight excluding hydrogens is 332 g/mol. The van der Waals surface area contributed by atoms with Crippen molar-refractivity contribution in [2.45, 2.75) is 6.92 Å². The molecule has 0 aliphatic rings. The van der Waals surface area contributed by atoms with Crippen molar-refractivity contribution in [2.24, 2.45) is 17.8 Å². The molecule has 126 valence electrons. The van der Waals surface area contributed by atoms with E-state index in [1.54, 1.807) is 11.3 Å². The number of nitrogens with zero attached hydrogens (tertiary/aromatic N) is 3. The first-order valence-electron chi connectivity index (χ1n) is 7.73. The molecule has 0 atom stereocenters. The minimum absolute atomic E-state index is 0.518. The Bertz CT molecular complexity index is 1010. The van der Waals surface area contributed by atoms with E-state index in [2.05, 4.69) is 27.5 Å². The van der Waals surface area contributed by atoms with Gasteiger partial charge in [0.2, 0.25) is 5.91 Å². The number of benzene rings is 1. The molecule has 5 nitrogen and oxygen atoms in total. The summed E-state index contributed by atoms with van der Waals surface area (Å²) in [6.45, 7) is 2.01. The zero-order valence-electron chi connectivity index (χ0n) is 14.0. The molecular formula is C19H18N4OS. The molecule has 1 amide bonds. The van der Waals surface area contributed by atoms with Gasteiger partial charge in [0.05, 0.1) is 10.7 Å². The Morgan fingerprint density at radius 2 is 2.00 bits per heavy atom. The van der Waals surface area contributed by atoms with Crippen LogP contribution in [0.1, 0.15) is 5.01 Å². The molecule has 1 aromatic carbocycles. The van der Waals surface area contributed by atoms with Gasteiger partial charge in [-0.3, -0.25) is 4.79 Å². The maximum atomic E-state index is 10.8. The number of rotatable bonds is 4. The van der Waals surface area contributed by atoms with Gasteiger partial charge in [0.25, 0.3) is 0 Å². The Morgan fingerprint density at radius 1 is 1.24 bits per heavy atom. The molecule has 2 N–H and O–H groups in total. The summed E-state index contributed by atoms with van der Waals surface area (Å²) in [5.74, 6) is -0.518. The summed E-state index contributed by atoms with van der Waals surface area (Å²) in [5.41, 5.74) is 10.1. The van der Waals surface area contributed by atoms with Crippen molar-refractivity contribution in [3.8, 4) is 22.4 Å². The van der Waals surface area contributed by atoms with Crippen molar-refractivity contribution in [3.63, 3.8) is 0 Å². The van der Waals surface area contributed by atoms with Crippen molar-refractivity contribution in [3.05, 3.63) is 70.7 Å². The molecule has 3 rings (SSSR count). The van der Waals surface area contributed by atoms with E-state index >= 15 is 0 Å². The summed E-state index contributed by atoms with van der Waals surface area (Å²) in [6, 6.07) is 12.1. The monoisotopic (exact) mass is 350 g/mol. The van der Waals surface area contributed by atoms with Gasteiger partial charge in [-0.1, -0.05) is 24.3 Å². The third kappa shape index (κ3) is 3.92. The molecule has 0 radical (unpaired) electrons. The molecule has 0 bridgehead atoms. The molecule has 0 spiro atoms. The van der Waals surface area contributed by atoms with Crippen molar-refractivity contribution in [2.75, 3.05) is 0 Å². The van der Waals surface area contributed by atoms with Crippen LogP contribution in [-0.4, -0.2) is 15.5 Å². The lowest BCUT2D eigenvalue weighted by atomic mass is 9.99. The predicted molar refractivity (Wildman–Crippen MR) is 101 cm³/mol. The highest BCUT2D eigenvalue weighted by Crippen LogP contribution is 2.31. The average Bonchev–Trinajstić information content (AvgIpc) is 3.02. The first-order valence-corrected chi connectivity index (χ1v) is 8.61. The normalized spacial score (nSPS) is 12.0. The van der Waals surface area contributed by atoms with Crippen LogP contribution in [0.25, 0.3) is 22.4 Å². The van der Waals surface area contributed by atoms with Gasteiger partial charge < -0.3 is 10.3 Å². The highest BCUT2D eigenvalue weighted by atomic mass is 32.1. The number of carbonyl (C=O) groups excluding carboxylic acids is 1. The molecule has 0 saturated carbocycles. The average molecular weight is 350 g/mol. The van der Waals surface area contributed by atoms with Crippen LogP contribution in [0.4, 0.5) is 0 Å². The highest BCUT2D eigenvalue weighted by molar-refractivity contribution is 7.09. The quantitative estimate of drug-likeness (QED) is 0.735. The Kier molecular flexibility index (Phi) is 4.90. The van der Waals surface area contributed by atoms with E-state index in [9.17, 15) is 4.79 Å². The Balaban J connectivity index is 2.04. The van der Waals surface area contributed by atoms with E-state index in [-0.39, 0.29) is 0 Å². The first kappa shape index (κ1) is 16.9. The topological polar surface area (TPSA) is 73.3 Å². The van der Waals surface area contributed by atoms with Crippen LogP contribution in [0, 0.1) is 6.92 Å². The second-order valence-electron chi connectivity index (χ2n) is 5.53. The van der Waals surface area contributed by atoms with E-state index in [0.29, 0.717) is 0 Å². The Hall–Kier alpha value is -2.99. The third-order valence-corrected chi connectivity index (χ3v) is 4.46. The van der Waals surface area contributed by atoms with Crippen LogP contribution in [-0.2, 0) is 11.8 Å². The second-order valence-corrected chi connectivity index (χ2v) is 6.59. The van der Waals surface area contributed by atoms with Gasteiger partial charge >= 0.3 is 0 Å². The summed E-state index contributed by atoms with van der Waals surface area (Å²) in [5, 5.41) is 3.12. The summed E-state index contributed by atoms with van der Waals surface area (Å²) < 4.78 is 1.91. The molecule has 2 aromatic heterocycles. The number of amides is 1. The van der Waals surface area contributed by atoms with Gasteiger partial charge in [0.1, 0.15) is 5.49 Å². The molecule has 0 aliphatic heterocycles.